The van der Waals surface area contributed by atoms with E-state index in [4.69, 9.17) is 9.47 Å². The second-order valence-electron chi connectivity index (χ2n) is 9.44. The molecule has 0 bridgehead atoms. The van der Waals surface area contributed by atoms with Crippen molar-refractivity contribution in [1.29, 1.82) is 0 Å². The van der Waals surface area contributed by atoms with Gasteiger partial charge in [0, 0.05) is 35.8 Å². The summed E-state index contributed by atoms with van der Waals surface area (Å²) in [5.74, 6) is 1.35. The van der Waals surface area contributed by atoms with Crippen molar-refractivity contribution in [2.24, 2.45) is 0 Å². The lowest BCUT2D eigenvalue weighted by atomic mass is 9.90. The van der Waals surface area contributed by atoms with Gasteiger partial charge in [0.05, 0.1) is 37.2 Å². The number of ether oxygens (including phenoxy) is 2. The van der Waals surface area contributed by atoms with E-state index in [1.165, 1.54) is 24.6 Å². The number of benzene rings is 1. The van der Waals surface area contributed by atoms with Crippen LogP contribution in [0.3, 0.4) is 0 Å². The summed E-state index contributed by atoms with van der Waals surface area (Å²) in [5, 5.41) is 11.0. The van der Waals surface area contributed by atoms with E-state index in [0.29, 0.717) is 25.4 Å². The van der Waals surface area contributed by atoms with E-state index in [0.717, 1.165) is 59.7 Å². The standard InChI is InChI=1S/C25H31N5O3S/c31-23(29-11-13-33-22-10-4-3-9-21(22)29)16-34-25-28-27-24(30(25)15-17-6-5-12-32-17)19-14-26-20-8-2-1-7-18(19)20/h1-2,7-8,14,17,21-22,26H,3-6,9-13,15-16H2. The van der Waals surface area contributed by atoms with Gasteiger partial charge >= 0.3 is 0 Å². The summed E-state index contributed by atoms with van der Waals surface area (Å²) in [6, 6.07) is 8.45. The van der Waals surface area contributed by atoms with Crippen molar-refractivity contribution in [3.8, 4) is 11.4 Å². The molecule has 1 N–H and O–H groups in total. The van der Waals surface area contributed by atoms with E-state index in [1.54, 1.807) is 0 Å². The maximum absolute atomic E-state index is 13.3. The molecule has 3 aliphatic rings. The van der Waals surface area contributed by atoms with Crippen LogP contribution in [-0.4, -0.2) is 74.3 Å². The normalized spacial score (nSPS) is 25.1. The molecule has 9 heteroatoms. The lowest BCUT2D eigenvalue weighted by Gasteiger charge is -2.43. The molecular formula is C25H31N5O3S. The Morgan fingerprint density at radius 2 is 2.00 bits per heavy atom. The number of aromatic amines is 1. The number of para-hydroxylation sites is 1. The Morgan fingerprint density at radius 1 is 1.09 bits per heavy atom. The molecule has 6 rings (SSSR count). The van der Waals surface area contributed by atoms with Gasteiger partial charge < -0.3 is 19.4 Å². The van der Waals surface area contributed by atoms with Crippen LogP contribution in [-0.2, 0) is 20.8 Å². The third kappa shape index (κ3) is 4.25. The molecule has 3 aromatic rings. The van der Waals surface area contributed by atoms with Crippen LogP contribution < -0.4 is 0 Å². The average Bonchev–Trinajstić information content (AvgIpc) is 3.63. The highest BCUT2D eigenvalue weighted by atomic mass is 32.2. The number of aromatic nitrogens is 4. The number of H-pyrrole nitrogens is 1. The number of fused-ring (bicyclic) bond motifs is 2. The first-order valence-electron chi connectivity index (χ1n) is 12.4. The Balaban J connectivity index is 1.24. The first-order chi connectivity index (χ1) is 16.8. The Labute approximate surface area is 203 Å². The van der Waals surface area contributed by atoms with Gasteiger partial charge in [-0.1, -0.05) is 42.8 Å². The maximum Gasteiger partial charge on any atom is 0.233 e. The van der Waals surface area contributed by atoms with Gasteiger partial charge in [-0.3, -0.25) is 9.36 Å². The van der Waals surface area contributed by atoms with Gasteiger partial charge in [-0.2, -0.15) is 0 Å². The highest BCUT2D eigenvalue weighted by molar-refractivity contribution is 7.99. The van der Waals surface area contributed by atoms with Crippen molar-refractivity contribution >= 4 is 28.6 Å². The first-order valence-corrected chi connectivity index (χ1v) is 13.4. The monoisotopic (exact) mass is 481 g/mol. The van der Waals surface area contributed by atoms with Gasteiger partial charge in [0.1, 0.15) is 0 Å². The topological polar surface area (TPSA) is 85.3 Å². The Bertz CT molecular complexity index is 1150. The zero-order valence-electron chi connectivity index (χ0n) is 19.3. The molecule has 1 aromatic carbocycles. The van der Waals surface area contributed by atoms with Gasteiger partial charge in [0.25, 0.3) is 0 Å². The minimum absolute atomic E-state index is 0.150. The molecule has 3 unspecified atom stereocenters. The molecule has 1 amide bonds. The Hall–Kier alpha value is -2.36. The molecule has 3 atom stereocenters. The van der Waals surface area contributed by atoms with Crippen molar-refractivity contribution in [2.45, 2.75) is 68.5 Å². The van der Waals surface area contributed by atoms with E-state index >= 15 is 0 Å². The van der Waals surface area contributed by atoms with E-state index in [-0.39, 0.29) is 24.2 Å². The molecule has 0 radical (unpaired) electrons. The number of nitrogens with zero attached hydrogens (tertiary/aromatic N) is 4. The van der Waals surface area contributed by atoms with Crippen molar-refractivity contribution in [1.82, 2.24) is 24.6 Å². The van der Waals surface area contributed by atoms with Crippen LogP contribution in [0.25, 0.3) is 22.3 Å². The molecule has 4 heterocycles. The fourth-order valence-corrected chi connectivity index (χ4v) is 6.46. The van der Waals surface area contributed by atoms with Gasteiger partial charge in [0.15, 0.2) is 11.0 Å². The average molecular weight is 482 g/mol. The van der Waals surface area contributed by atoms with Gasteiger partial charge in [-0.05, 0) is 31.7 Å². The fraction of sp³-hybridized carbons (Fsp3) is 0.560. The minimum Gasteiger partial charge on any atom is -0.376 e. The van der Waals surface area contributed by atoms with Crippen LogP contribution in [0.2, 0.25) is 0 Å². The number of thioether (sulfide) groups is 1. The van der Waals surface area contributed by atoms with Gasteiger partial charge in [-0.25, -0.2) is 0 Å². The van der Waals surface area contributed by atoms with E-state index in [2.05, 4.69) is 36.8 Å². The third-order valence-electron chi connectivity index (χ3n) is 7.33. The molecule has 8 nitrogen and oxygen atoms in total. The lowest BCUT2D eigenvalue weighted by Crippen LogP contribution is -2.55. The highest BCUT2D eigenvalue weighted by Crippen LogP contribution is 2.32. The van der Waals surface area contributed by atoms with E-state index in [9.17, 15) is 4.79 Å². The Morgan fingerprint density at radius 3 is 2.91 bits per heavy atom. The van der Waals surface area contributed by atoms with E-state index < -0.39 is 0 Å². The van der Waals surface area contributed by atoms with Crippen LogP contribution in [0.15, 0.2) is 35.6 Å². The summed E-state index contributed by atoms with van der Waals surface area (Å²) in [7, 11) is 0. The first kappa shape index (κ1) is 22.1. The molecule has 0 spiro atoms. The number of nitrogens with one attached hydrogen (secondary N) is 1. The molecular weight excluding hydrogens is 450 g/mol. The van der Waals surface area contributed by atoms with Crippen LogP contribution in [0, 0.1) is 0 Å². The number of carbonyl (C=O) groups is 1. The summed E-state index contributed by atoms with van der Waals surface area (Å²) in [6.07, 6.45) is 8.93. The largest absolute Gasteiger partial charge is 0.376 e. The fourth-order valence-electron chi connectivity index (χ4n) is 5.62. The van der Waals surface area contributed by atoms with Crippen LogP contribution in [0.4, 0.5) is 0 Å². The molecule has 180 valence electrons. The van der Waals surface area contributed by atoms with Crippen molar-refractivity contribution in [3.63, 3.8) is 0 Å². The smallest absolute Gasteiger partial charge is 0.233 e. The lowest BCUT2D eigenvalue weighted by molar-refractivity contribution is -0.146. The van der Waals surface area contributed by atoms with Gasteiger partial charge in [0.2, 0.25) is 5.91 Å². The van der Waals surface area contributed by atoms with E-state index in [1.807, 2.05) is 18.3 Å². The van der Waals surface area contributed by atoms with Crippen LogP contribution in [0.1, 0.15) is 38.5 Å². The summed E-state index contributed by atoms with van der Waals surface area (Å²) in [4.78, 5) is 18.7. The molecule has 2 aromatic heterocycles. The highest BCUT2D eigenvalue weighted by Gasteiger charge is 2.36. The quantitative estimate of drug-likeness (QED) is 0.538. The summed E-state index contributed by atoms with van der Waals surface area (Å²) in [5.41, 5.74) is 2.10. The number of morpholine rings is 1. The Kier molecular flexibility index (Phi) is 6.32. The second kappa shape index (κ2) is 9.71. The maximum atomic E-state index is 13.3. The number of hydrogen-bond acceptors (Lipinski definition) is 6. The summed E-state index contributed by atoms with van der Waals surface area (Å²) >= 11 is 1.49. The van der Waals surface area contributed by atoms with Crippen LogP contribution in [0.5, 0.6) is 0 Å². The minimum atomic E-state index is 0.150. The van der Waals surface area contributed by atoms with Crippen LogP contribution >= 0.6 is 11.8 Å². The van der Waals surface area contributed by atoms with Crippen molar-refractivity contribution < 1.29 is 14.3 Å². The predicted molar refractivity (Wildman–Crippen MR) is 131 cm³/mol. The number of carbonyl (C=O) groups excluding carboxylic acids is 1. The number of hydrogen-bond donors (Lipinski definition) is 1. The third-order valence-corrected chi connectivity index (χ3v) is 8.29. The molecule has 34 heavy (non-hydrogen) atoms. The molecule has 2 saturated heterocycles. The summed E-state index contributed by atoms with van der Waals surface area (Å²) < 4.78 is 14.0. The predicted octanol–water partition coefficient (Wildman–Crippen LogP) is 3.87. The van der Waals surface area contributed by atoms with Crippen molar-refractivity contribution in [3.05, 3.63) is 30.5 Å². The van der Waals surface area contributed by atoms with Crippen molar-refractivity contribution in [2.75, 3.05) is 25.5 Å². The number of amides is 1. The zero-order chi connectivity index (χ0) is 22.9. The second-order valence-corrected chi connectivity index (χ2v) is 10.4. The summed E-state index contributed by atoms with van der Waals surface area (Å²) in [6.45, 7) is 2.82. The SMILES string of the molecule is O=C(CSc1nnc(-c2c[nH]c3ccccc23)n1CC1CCCO1)N1CCOC2CCCCC21. The van der Waals surface area contributed by atoms with Gasteiger partial charge in [-0.15, -0.1) is 10.2 Å². The molecule has 1 aliphatic carbocycles. The molecule has 1 saturated carbocycles. The zero-order valence-corrected chi connectivity index (χ0v) is 20.1. The molecule has 2 aliphatic heterocycles. The molecule has 3 fully saturated rings. The number of rotatable bonds is 6.